The molecule has 0 bridgehead atoms. The van der Waals surface area contributed by atoms with E-state index in [0.29, 0.717) is 5.56 Å². The van der Waals surface area contributed by atoms with E-state index in [4.69, 9.17) is 10.5 Å². The summed E-state index contributed by atoms with van der Waals surface area (Å²) in [4.78, 5) is 12.1. The van der Waals surface area contributed by atoms with Crippen molar-refractivity contribution in [1.82, 2.24) is 9.61 Å². The van der Waals surface area contributed by atoms with Gasteiger partial charge in [-0.25, -0.2) is 17.3 Å². The molecule has 3 aromatic rings. The summed E-state index contributed by atoms with van der Waals surface area (Å²) in [5.74, 6) is -1.07. The first-order chi connectivity index (χ1) is 13.7. The Kier molecular flexibility index (Phi) is 5.44. The Bertz CT molecular complexity index is 1180. The number of nitrogens with zero attached hydrogens (tertiary/aromatic N) is 3. The number of methoxy groups -OCH3 is 1. The van der Waals surface area contributed by atoms with Crippen molar-refractivity contribution < 1.29 is 27.4 Å². The molecule has 0 saturated carbocycles. The first-order valence-corrected chi connectivity index (χ1v) is 10.3. The van der Waals surface area contributed by atoms with Crippen molar-refractivity contribution in [1.29, 1.82) is 0 Å². The molecule has 0 unspecified atom stereocenters. The molecule has 0 aliphatic carbocycles. The van der Waals surface area contributed by atoms with Gasteiger partial charge in [-0.15, -0.1) is 0 Å². The summed E-state index contributed by atoms with van der Waals surface area (Å²) >= 11 is 0. The van der Waals surface area contributed by atoms with Crippen LogP contribution in [-0.4, -0.2) is 55.6 Å². The van der Waals surface area contributed by atoms with Crippen LogP contribution >= 0.6 is 0 Å². The number of benzene rings is 1. The van der Waals surface area contributed by atoms with Gasteiger partial charge >= 0.3 is 0 Å². The Morgan fingerprint density at radius 2 is 2.00 bits per heavy atom. The van der Waals surface area contributed by atoms with Crippen LogP contribution in [0.15, 0.2) is 36.5 Å². The van der Waals surface area contributed by atoms with E-state index >= 15 is 0 Å². The van der Waals surface area contributed by atoms with Gasteiger partial charge in [0, 0.05) is 11.6 Å². The number of anilines is 1. The van der Waals surface area contributed by atoms with Gasteiger partial charge in [0.2, 0.25) is 10.0 Å². The Hall–Kier alpha value is -3.18. The first-order valence-electron chi connectivity index (χ1n) is 8.42. The molecule has 0 atom stereocenters. The zero-order valence-electron chi connectivity index (χ0n) is 15.7. The predicted octanol–water partition coefficient (Wildman–Crippen LogP) is 1.01. The fraction of sp³-hybridized carbons (Fsp3) is 0.222. The Labute approximate surface area is 166 Å². The van der Waals surface area contributed by atoms with Crippen LogP contribution in [-0.2, 0) is 10.0 Å². The molecule has 0 radical (unpaired) electrons. The molecule has 3 rings (SSSR count). The maximum absolute atomic E-state index is 13.3. The largest absolute Gasteiger partial charge is 0.494 e. The standard InChI is InChI=1S/C18H19FN4O5S/c1-28-15-9-13-16(18(20)25)17(11-3-5-12(19)6-4-11)21-22(13)10-14(15)23(7-8-24)29(2,26)27/h3-6,9-10,24H,7-8H2,1-2H3,(H2,20,25). The molecule has 3 N–H and O–H groups in total. The molecule has 11 heteroatoms. The highest BCUT2D eigenvalue weighted by Gasteiger charge is 2.25. The van der Waals surface area contributed by atoms with Crippen molar-refractivity contribution in [2.24, 2.45) is 5.73 Å². The van der Waals surface area contributed by atoms with Crippen molar-refractivity contribution in [3.05, 3.63) is 47.9 Å². The number of aromatic nitrogens is 2. The average Bonchev–Trinajstić information content (AvgIpc) is 3.03. The van der Waals surface area contributed by atoms with E-state index in [1.54, 1.807) is 0 Å². The molecular formula is C18H19FN4O5S. The molecule has 154 valence electrons. The van der Waals surface area contributed by atoms with Crippen LogP contribution in [0.3, 0.4) is 0 Å². The minimum Gasteiger partial charge on any atom is -0.494 e. The van der Waals surface area contributed by atoms with Crippen molar-refractivity contribution >= 4 is 27.1 Å². The summed E-state index contributed by atoms with van der Waals surface area (Å²) < 4.78 is 45.2. The molecule has 1 aromatic carbocycles. The lowest BCUT2D eigenvalue weighted by molar-refractivity contribution is 0.100. The first kappa shape index (κ1) is 20.6. The van der Waals surface area contributed by atoms with Gasteiger partial charge in [0.1, 0.15) is 22.9 Å². The van der Waals surface area contributed by atoms with Crippen LogP contribution in [0.5, 0.6) is 5.75 Å². The second-order valence-electron chi connectivity index (χ2n) is 6.21. The highest BCUT2D eigenvalue weighted by atomic mass is 32.2. The predicted molar refractivity (Wildman–Crippen MR) is 105 cm³/mol. The Morgan fingerprint density at radius 3 is 2.52 bits per heavy atom. The van der Waals surface area contributed by atoms with Crippen LogP contribution in [0.4, 0.5) is 10.1 Å². The summed E-state index contributed by atoms with van der Waals surface area (Å²) in [5, 5.41) is 13.6. The van der Waals surface area contributed by atoms with Gasteiger partial charge < -0.3 is 15.6 Å². The summed E-state index contributed by atoms with van der Waals surface area (Å²) in [6.07, 6.45) is 2.36. The number of hydrogen-bond donors (Lipinski definition) is 2. The SMILES string of the molecule is COc1cc2c(C(N)=O)c(-c3ccc(F)cc3)nn2cc1N(CCO)S(C)(=O)=O. The van der Waals surface area contributed by atoms with Crippen LogP contribution in [0, 0.1) is 5.82 Å². The van der Waals surface area contributed by atoms with Gasteiger partial charge in [-0.3, -0.25) is 9.10 Å². The lowest BCUT2D eigenvalue weighted by atomic mass is 10.1. The lowest BCUT2D eigenvalue weighted by Crippen LogP contribution is -2.33. The summed E-state index contributed by atoms with van der Waals surface area (Å²) in [6.45, 7) is -0.615. The van der Waals surface area contributed by atoms with Crippen LogP contribution in [0.2, 0.25) is 0 Å². The maximum atomic E-state index is 13.3. The highest BCUT2D eigenvalue weighted by molar-refractivity contribution is 7.92. The number of fused-ring (bicyclic) bond motifs is 1. The normalized spacial score (nSPS) is 11.6. The average molecular weight is 422 g/mol. The third-order valence-corrected chi connectivity index (χ3v) is 5.45. The second kappa shape index (κ2) is 7.68. The van der Waals surface area contributed by atoms with Crippen molar-refractivity contribution in [2.45, 2.75) is 0 Å². The van der Waals surface area contributed by atoms with E-state index in [2.05, 4.69) is 5.10 Å². The number of carbonyl (C=O) groups excluding carboxylic acids is 1. The van der Waals surface area contributed by atoms with E-state index in [-0.39, 0.29) is 34.8 Å². The number of pyridine rings is 1. The number of ether oxygens (including phenoxy) is 1. The molecule has 29 heavy (non-hydrogen) atoms. The smallest absolute Gasteiger partial charge is 0.253 e. The zero-order chi connectivity index (χ0) is 21.3. The number of nitrogens with two attached hydrogens (primary N) is 1. The number of halogens is 1. The Balaban J connectivity index is 2.31. The van der Waals surface area contributed by atoms with E-state index < -0.39 is 28.4 Å². The van der Waals surface area contributed by atoms with Crippen LogP contribution in [0.25, 0.3) is 16.8 Å². The molecule has 2 heterocycles. The fourth-order valence-corrected chi connectivity index (χ4v) is 3.93. The van der Waals surface area contributed by atoms with Gasteiger partial charge in [0.25, 0.3) is 5.91 Å². The third-order valence-electron chi connectivity index (χ3n) is 4.27. The van der Waals surface area contributed by atoms with Crippen LogP contribution < -0.4 is 14.8 Å². The molecule has 0 saturated heterocycles. The lowest BCUT2D eigenvalue weighted by Gasteiger charge is -2.23. The zero-order valence-corrected chi connectivity index (χ0v) is 16.5. The number of sulfonamides is 1. The number of primary amides is 1. The Morgan fingerprint density at radius 1 is 1.34 bits per heavy atom. The monoisotopic (exact) mass is 422 g/mol. The van der Waals surface area contributed by atoms with E-state index in [1.807, 2.05) is 0 Å². The second-order valence-corrected chi connectivity index (χ2v) is 8.12. The van der Waals surface area contributed by atoms with E-state index in [1.165, 1.54) is 48.2 Å². The van der Waals surface area contributed by atoms with Crippen molar-refractivity contribution in [3.8, 4) is 17.0 Å². The molecule has 0 aliphatic heterocycles. The molecule has 2 aromatic heterocycles. The van der Waals surface area contributed by atoms with Crippen molar-refractivity contribution in [3.63, 3.8) is 0 Å². The molecule has 0 fully saturated rings. The molecule has 1 amide bonds. The fourth-order valence-electron chi connectivity index (χ4n) is 3.02. The highest BCUT2D eigenvalue weighted by Crippen LogP contribution is 2.35. The van der Waals surface area contributed by atoms with Gasteiger partial charge in [-0.1, -0.05) is 0 Å². The van der Waals surface area contributed by atoms with E-state index in [9.17, 15) is 22.7 Å². The van der Waals surface area contributed by atoms with Gasteiger partial charge in [-0.2, -0.15) is 5.10 Å². The number of carbonyl (C=O) groups is 1. The number of aliphatic hydroxyl groups is 1. The maximum Gasteiger partial charge on any atom is 0.253 e. The summed E-state index contributed by atoms with van der Waals surface area (Å²) in [7, 11) is -2.40. The summed E-state index contributed by atoms with van der Waals surface area (Å²) in [5.41, 5.74) is 6.71. The molecule has 0 aliphatic rings. The topological polar surface area (TPSA) is 127 Å². The van der Waals surface area contributed by atoms with Gasteiger partial charge in [0.05, 0.1) is 43.8 Å². The number of amides is 1. The van der Waals surface area contributed by atoms with Crippen LogP contribution in [0.1, 0.15) is 10.4 Å². The molecular weight excluding hydrogens is 403 g/mol. The minimum atomic E-state index is -3.74. The van der Waals surface area contributed by atoms with Gasteiger partial charge in [-0.05, 0) is 24.3 Å². The number of aliphatic hydroxyl groups excluding tert-OH is 1. The third kappa shape index (κ3) is 3.87. The minimum absolute atomic E-state index is 0.0783. The van der Waals surface area contributed by atoms with Crippen molar-refractivity contribution in [2.75, 3.05) is 30.8 Å². The number of rotatable bonds is 7. The molecule has 9 nitrogen and oxygen atoms in total. The number of hydrogen-bond acceptors (Lipinski definition) is 6. The van der Waals surface area contributed by atoms with Gasteiger partial charge in [0.15, 0.2) is 0 Å². The quantitative estimate of drug-likeness (QED) is 0.585. The summed E-state index contributed by atoms with van der Waals surface area (Å²) in [6, 6.07) is 6.79. The molecule has 0 spiro atoms. The van der Waals surface area contributed by atoms with E-state index in [0.717, 1.165) is 10.6 Å².